The predicted molar refractivity (Wildman–Crippen MR) is 61.1 cm³/mol. The van der Waals surface area contributed by atoms with Crippen LogP contribution in [0.1, 0.15) is 6.92 Å². The van der Waals surface area contributed by atoms with Gasteiger partial charge in [-0.05, 0) is 19.0 Å². The van der Waals surface area contributed by atoms with Gasteiger partial charge in [0.1, 0.15) is 6.04 Å². The molecular formula is C10H16N2O3S. The molecule has 16 heavy (non-hydrogen) atoms. The summed E-state index contributed by atoms with van der Waals surface area (Å²) in [6.45, 7) is 3.63. The lowest BCUT2D eigenvalue weighted by molar-refractivity contribution is -0.150. The van der Waals surface area contributed by atoms with Crippen molar-refractivity contribution in [2.75, 3.05) is 24.7 Å². The summed E-state index contributed by atoms with van der Waals surface area (Å²) in [6.07, 6.45) is 0. The topological polar surface area (TPSA) is 69.6 Å². The van der Waals surface area contributed by atoms with Gasteiger partial charge >= 0.3 is 5.97 Å². The van der Waals surface area contributed by atoms with E-state index in [0.29, 0.717) is 17.5 Å². The number of rotatable bonds is 3. The number of hydrogen-bond acceptors (Lipinski definition) is 4. The van der Waals surface area contributed by atoms with Gasteiger partial charge < -0.3 is 15.3 Å². The number of carboxylic acids is 1. The highest BCUT2D eigenvalue weighted by molar-refractivity contribution is 7.99. The fourth-order valence-corrected chi connectivity index (χ4v) is 3.15. The number of amides is 1. The zero-order chi connectivity index (χ0) is 11.7. The molecule has 2 aliphatic heterocycles. The van der Waals surface area contributed by atoms with Crippen molar-refractivity contribution >= 4 is 23.6 Å². The fraction of sp³-hybridized carbons (Fsp3) is 0.800. The van der Waals surface area contributed by atoms with Crippen LogP contribution in [0.25, 0.3) is 0 Å². The van der Waals surface area contributed by atoms with Crippen LogP contribution in [0.15, 0.2) is 0 Å². The molecular weight excluding hydrogens is 228 g/mol. The minimum Gasteiger partial charge on any atom is -0.480 e. The molecule has 2 saturated heterocycles. The van der Waals surface area contributed by atoms with Gasteiger partial charge in [-0.25, -0.2) is 4.79 Å². The number of nitrogens with one attached hydrogen (secondary N) is 1. The summed E-state index contributed by atoms with van der Waals surface area (Å²) in [5, 5.41) is 12.1. The molecule has 0 spiro atoms. The molecule has 2 rings (SSSR count). The van der Waals surface area contributed by atoms with E-state index in [0.717, 1.165) is 13.1 Å². The molecule has 2 aliphatic rings. The van der Waals surface area contributed by atoms with E-state index < -0.39 is 12.0 Å². The van der Waals surface area contributed by atoms with Gasteiger partial charge in [0.15, 0.2) is 0 Å². The Kier molecular flexibility index (Phi) is 3.39. The van der Waals surface area contributed by atoms with Crippen LogP contribution in [0, 0.1) is 11.8 Å². The lowest BCUT2D eigenvalue weighted by atomic mass is 9.88. The standard InChI is InChI=1S/C10H16N2O3S/c1-6(7-2-11-3-7)9(13)12-5-16-4-8(12)10(14)15/h6-8,11H,2-5H2,1H3,(H,14,15). The first-order valence-electron chi connectivity index (χ1n) is 5.43. The van der Waals surface area contributed by atoms with Crippen LogP contribution in [-0.2, 0) is 9.59 Å². The highest BCUT2D eigenvalue weighted by atomic mass is 32.2. The molecule has 5 nitrogen and oxygen atoms in total. The lowest BCUT2D eigenvalue weighted by Gasteiger charge is -2.34. The Morgan fingerprint density at radius 2 is 2.19 bits per heavy atom. The lowest BCUT2D eigenvalue weighted by Crippen LogP contribution is -2.52. The van der Waals surface area contributed by atoms with E-state index in [2.05, 4.69) is 5.32 Å². The molecule has 2 unspecified atom stereocenters. The summed E-state index contributed by atoms with van der Waals surface area (Å²) in [5.74, 6) is 0.423. The maximum Gasteiger partial charge on any atom is 0.327 e. The van der Waals surface area contributed by atoms with Crippen molar-refractivity contribution in [3.8, 4) is 0 Å². The smallest absolute Gasteiger partial charge is 0.327 e. The van der Waals surface area contributed by atoms with Gasteiger partial charge in [0, 0.05) is 11.7 Å². The molecule has 0 aromatic carbocycles. The van der Waals surface area contributed by atoms with Crippen LogP contribution in [0.4, 0.5) is 0 Å². The minimum atomic E-state index is -0.891. The molecule has 6 heteroatoms. The first-order chi connectivity index (χ1) is 7.61. The van der Waals surface area contributed by atoms with Crippen LogP contribution < -0.4 is 5.32 Å². The average Bonchev–Trinajstić information content (AvgIpc) is 2.61. The Hall–Kier alpha value is -0.750. The molecule has 0 aliphatic carbocycles. The van der Waals surface area contributed by atoms with Crippen LogP contribution in [0.5, 0.6) is 0 Å². The molecule has 2 N–H and O–H groups in total. The van der Waals surface area contributed by atoms with E-state index >= 15 is 0 Å². The van der Waals surface area contributed by atoms with Crippen molar-refractivity contribution < 1.29 is 14.7 Å². The SMILES string of the molecule is CC(C(=O)N1CSCC1C(=O)O)C1CNC1. The summed E-state index contributed by atoms with van der Waals surface area (Å²) in [6, 6.07) is -0.631. The quantitative estimate of drug-likeness (QED) is 0.721. The van der Waals surface area contributed by atoms with Gasteiger partial charge in [-0.3, -0.25) is 4.79 Å². The average molecular weight is 244 g/mol. The monoisotopic (exact) mass is 244 g/mol. The van der Waals surface area contributed by atoms with E-state index in [4.69, 9.17) is 5.11 Å². The third-order valence-corrected chi connectivity index (χ3v) is 4.37. The van der Waals surface area contributed by atoms with Crippen molar-refractivity contribution in [2.24, 2.45) is 11.8 Å². The summed E-state index contributed by atoms with van der Waals surface area (Å²) >= 11 is 1.51. The largest absolute Gasteiger partial charge is 0.480 e. The van der Waals surface area contributed by atoms with E-state index in [1.165, 1.54) is 16.7 Å². The number of hydrogen-bond donors (Lipinski definition) is 2. The maximum atomic E-state index is 12.1. The normalized spacial score (nSPS) is 27.6. The number of carboxylic acid groups (broad SMARTS) is 1. The second-order valence-electron chi connectivity index (χ2n) is 4.37. The minimum absolute atomic E-state index is 0.0103. The third kappa shape index (κ3) is 2.04. The number of carbonyl (C=O) groups is 2. The number of thioether (sulfide) groups is 1. The molecule has 0 aromatic rings. The highest BCUT2D eigenvalue weighted by Crippen LogP contribution is 2.26. The molecule has 90 valence electrons. The van der Waals surface area contributed by atoms with E-state index in [9.17, 15) is 9.59 Å². The zero-order valence-corrected chi connectivity index (χ0v) is 10.00. The highest BCUT2D eigenvalue weighted by Gasteiger charge is 2.39. The van der Waals surface area contributed by atoms with Crippen molar-refractivity contribution in [3.63, 3.8) is 0 Å². The molecule has 0 radical (unpaired) electrons. The van der Waals surface area contributed by atoms with Crippen LogP contribution in [-0.4, -0.2) is 52.6 Å². The van der Waals surface area contributed by atoms with Crippen LogP contribution >= 0.6 is 11.8 Å². The Bertz CT molecular complexity index is 306. The second-order valence-corrected chi connectivity index (χ2v) is 5.37. The molecule has 0 aromatic heterocycles. The van der Waals surface area contributed by atoms with E-state index in [-0.39, 0.29) is 11.8 Å². The van der Waals surface area contributed by atoms with Gasteiger partial charge in [-0.1, -0.05) is 6.92 Å². The molecule has 2 atom stereocenters. The van der Waals surface area contributed by atoms with Crippen LogP contribution in [0.3, 0.4) is 0 Å². The third-order valence-electron chi connectivity index (χ3n) is 3.36. The Balaban J connectivity index is 1.99. The zero-order valence-electron chi connectivity index (χ0n) is 9.18. The molecule has 0 saturated carbocycles. The van der Waals surface area contributed by atoms with Crippen molar-refractivity contribution in [1.29, 1.82) is 0 Å². The number of aliphatic carboxylic acids is 1. The first-order valence-corrected chi connectivity index (χ1v) is 6.58. The van der Waals surface area contributed by atoms with Crippen molar-refractivity contribution in [1.82, 2.24) is 10.2 Å². The van der Waals surface area contributed by atoms with Crippen molar-refractivity contribution in [3.05, 3.63) is 0 Å². The fourth-order valence-electron chi connectivity index (χ4n) is 1.99. The van der Waals surface area contributed by atoms with Crippen molar-refractivity contribution in [2.45, 2.75) is 13.0 Å². The van der Waals surface area contributed by atoms with E-state index in [1.807, 2.05) is 6.92 Å². The Morgan fingerprint density at radius 3 is 2.69 bits per heavy atom. The Morgan fingerprint density at radius 1 is 1.50 bits per heavy atom. The van der Waals surface area contributed by atoms with Gasteiger partial charge in [0.05, 0.1) is 5.88 Å². The summed E-state index contributed by atoms with van der Waals surface area (Å²) in [5.41, 5.74) is 0. The van der Waals surface area contributed by atoms with Gasteiger partial charge in [0.25, 0.3) is 0 Å². The Labute approximate surface area is 98.6 Å². The maximum absolute atomic E-state index is 12.1. The molecule has 1 amide bonds. The second kappa shape index (κ2) is 4.63. The van der Waals surface area contributed by atoms with Gasteiger partial charge in [-0.2, -0.15) is 0 Å². The number of carbonyl (C=O) groups excluding carboxylic acids is 1. The summed E-state index contributed by atoms with van der Waals surface area (Å²) < 4.78 is 0. The predicted octanol–water partition coefficient (Wildman–Crippen LogP) is -0.172. The van der Waals surface area contributed by atoms with Gasteiger partial charge in [-0.15, -0.1) is 11.8 Å². The molecule has 2 heterocycles. The summed E-state index contributed by atoms with van der Waals surface area (Å²) in [7, 11) is 0. The number of nitrogens with zero attached hydrogens (tertiary/aromatic N) is 1. The molecule has 2 fully saturated rings. The first kappa shape index (κ1) is 11.7. The van der Waals surface area contributed by atoms with E-state index in [1.54, 1.807) is 0 Å². The van der Waals surface area contributed by atoms with Gasteiger partial charge in [0.2, 0.25) is 5.91 Å². The molecule has 0 bridgehead atoms. The summed E-state index contributed by atoms with van der Waals surface area (Å²) in [4.78, 5) is 24.6. The van der Waals surface area contributed by atoms with Crippen LogP contribution in [0.2, 0.25) is 0 Å².